The second kappa shape index (κ2) is 27.7. The smallest absolute Gasteiger partial charge is 0.243 e. The quantitative estimate of drug-likeness (QED) is 0.0182. The molecule has 5 aromatic rings. The van der Waals surface area contributed by atoms with Crippen molar-refractivity contribution in [2.45, 2.75) is 116 Å². The highest BCUT2D eigenvalue weighted by Gasteiger charge is 2.44. The fraction of sp³-hybridized carbons (Fsp3) is 0.472. The average molecular weight is 1130 g/mol. The normalized spacial score (nSPS) is 15.4. The highest BCUT2D eigenvalue weighted by Crippen LogP contribution is 2.33. The summed E-state index contributed by atoms with van der Waals surface area (Å²) < 4.78 is 54.8. The Hall–Kier alpha value is -5.22. The van der Waals surface area contributed by atoms with Crippen LogP contribution in [0.4, 0.5) is 24.5 Å². The molecule has 0 unspecified atom stereocenters. The third kappa shape index (κ3) is 15.9. The third-order valence-corrected chi connectivity index (χ3v) is 14.2. The van der Waals surface area contributed by atoms with Crippen molar-refractivity contribution in [3.05, 3.63) is 115 Å². The number of aliphatic hydroxyl groups is 1. The van der Waals surface area contributed by atoms with E-state index in [1.54, 1.807) is 24.6 Å². The number of hydrogen-bond donors (Lipinski definition) is 5. The number of unbranched alkanes of at least 4 members (excludes halogenated alkanes) is 6. The second-order valence-electron chi connectivity index (χ2n) is 18.6. The van der Waals surface area contributed by atoms with Gasteiger partial charge < -0.3 is 40.5 Å². The topological polar surface area (TPSA) is 188 Å². The first-order valence-corrected chi connectivity index (χ1v) is 26.6. The maximum Gasteiger partial charge on any atom is 0.243 e. The number of rotatable bonds is 28. The highest BCUT2D eigenvalue weighted by molar-refractivity contribution is 14.1. The van der Waals surface area contributed by atoms with Gasteiger partial charge >= 0.3 is 0 Å². The van der Waals surface area contributed by atoms with Crippen LogP contribution in [0, 0.1) is 40.8 Å². The van der Waals surface area contributed by atoms with Crippen LogP contribution in [0.3, 0.4) is 0 Å². The molecule has 3 amide bonds. The van der Waals surface area contributed by atoms with Gasteiger partial charge in [0.25, 0.3) is 0 Å². The Morgan fingerprint density at radius 1 is 0.903 bits per heavy atom. The molecule has 3 aromatic carbocycles. The molecule has 19 heteroatoms. The molecule has 0 saturated carbocycles. The van der Waals surface area contributed by atoms with E-state index in [0.29, 0.717) is 34.5 Å². The molecule has 4 atom stereocenters. The minimum atomic E-state index is -1.28. The minimum absolute atomic E-state index is 0.000101. The number of ketones is 1. The van der Waals surface area contributed by atoms with Crippen LogP contribution in [-0.4, -0.2) is 95.2 Å². The molecule has 2 aromatic heterocycles. The van der Waals surface area contributed by atoms with Crippen molar-refractivity contribution in [2.75, 3.05) is 44.7 Å². The fourth-order valence-electron chi connectivity index (χ4n) is 8.76. The standard InChI is InChI=1S/C53H65F3IN7O7S/c1-32(2)48(46-25-33(3)63-71-46)53(69)64-29-38(65)27-44(64)52(68)62-43(35-13-15-36(16-14-35)51-34(4)60-31-72-51)28-47(67)59-23-11-9-7-5-6-8-10-21-58-22-12-24-70-30-45(66)39-18-19-40(54)49(56)50(39)61-42-20-17-37(57)26-41(42)55/h13-20,25-26,31-32,38,43-44,48,58,61,65H,5-12,21-24,27-30H2,1-4H3,(H,59,67)(H,62,68)/t38-,43+,44+,48-/m1/s1. The summed E-state index contributed by atoms with van der Waals surface area (Å²) in [5.41, 5.74) is 4.39. The molecule has 72 heavy (non-hydrogen) atoms. The van der Waals surface area contributed by atoms with Gasteiger partial charge in [0.15, 0.2) is 17.4 Å². The zero-order chi connectivity index (χ0) is 51.7. The van der Waals surface area contributed by atoms with Crippen molar-refractivity contribution >= 4 is 68.8 Å². The molecule has 1 aliphatic rings. The number of carbonyl (C=O) groups is 4. The number of hydrogen-bond acceptors (Lipinski definition) is 12. The number of anilines is 2. The molecular formula is C53H65F3IN7O7S. The van der Waals surface area contributed by atoms with E-state index in [2.05, 4.69) is 31.4 Å². The van der Waals surface area contributed by atoms with Gasteiger partial charge in [-0.1, -0.05) is 75.4 Å². The van der Waals surface area contributed by atoms with Crippen molar-refractivity contribution < 1.29 is 46.7 Å². The predicted octanol–water partition coefficient (Wildman–Crippen LogP) is 9.86. The summed E-state index contributed by atoms with van der Waals surface area (Å²) in [4.78, 5) is 61.3. The minimum Gasteiger partial charge on any atom is -0.391 e. The van der Waals surface area contributed by atoms with E-state index in [-0.39, 0.29) is 61.6 Å². The zero-order valence-electron chi connectivity index (χ0n) is 41.2. The van der Waals surface area contributed by atoms with Crippen LogP contribution >= 0.6 is 33.9 Å². The number of aryl methyl sites for hydroxylation is 2. The first kappa shape index (κ1) is 56.1. The number of carbonyl (C=O) groups excluding carboxylic acids is 4. The lowest BCUT2D eigenvalue weighted by atomic mass is 9.91. The number of ether oxygens (including phenoxy) is 1. The first-order chi connectivity index (χ1) is 34.6. The number of likely N-dealkylation sites (tertiary alicyclic amines) is 1. The number of β-amino-alcohol motifs (C(OH)–C–C–N with tert-alkyl or cyclic N) is 1. The molecule has 3 heterocycles. The summed E-state index contributed by atoms with van der Waals surface area (Å²) in [7, 11) is 0. The third-order valence-electron chi connectivity index (χ3n) is 12.6. The van der Waals surface area contributed by atoms with Crippen LogP contribution in [0.1, 0.15) is 123 Å². The number of thiazole rings is 1. The Morgan fingerprint density at radius 3 is 2.28 bits per heavy atom. The molecule has 0 radical (unpaired) electrons. The number of nitrogens with one attached hydrogen (secondary N) is 4. The first-order valence-electron chi connectivity index (χ1n) is 24.6. The monoisotopic (exact) mass is 1130 g/mol. The van der Waals surface area contributed by atoms with Gasteiger partial charge in [0.2, 0.25) is 17.7 Å². The molecule has 14 nitrogen and oxygen atoms in total. The maximum atomic E-state index is 14.7. The van der Waals surface area contributed by atoms with E-state index in [9.17, 15) is 37.5 Å². The van der Waals surface area contributed by atoms with Crippen molar-refractivity contribution in [3.8, 4) is 10.4 Å². The average Bonchev–Trinajstić information content (AvgIpc) is 4.09. The molecule has 0 spiro atoms. The van der Waals surface area contributed by atoms with Crippen molar-refractivity contribution in [3.63, 3.8) is 0 Å². The Morgan fingerprint density at radius 2 is 1.61 bits per heavy atom. The van der Waals surface area contributed by atoms with E-state index in [1.165, 1.54) is 28.4 Å². The van der Waals surface area contributed by atoms with Gasteiger partial charge in [0, 0.05) is 41.3 Å². The Bertz CT molecular complexity index is 2600. The molecule has 388 valence electrons. The Labute approximate surface area is 436 Å². The summed E-state index contributed by atoms with van der Waals surface area (Å²) in [6.45, 7) is 9.49. The number of nitrogens with zero attached hydrogens (tertiary/aromatic N) is 3. The number of halogens is 4. The number of benzene rings is 3. The van der Waals surface area contributed by atoms with E-state index in [4.69, 9.17) is 9.26 Å². The van der Waals surface area contributed by atoms with Gasteiger partial charge in [0.1, 0.15) is 30.1 Å². The van der Waals surface area contributed by atoms with Gasteiger partial charge in [-0.25, -0.2) is 18.2 Å². The summed E-state index contributed by atoms with van der Waals surface area (Å²) in [5.74, 6) is -5.09. The van der Waals surface area contributed by atoms with Gasteiger partial charge in [-0.15, -0.1) is 11.3 Å². The van der Waals surface area contributed by atoms with E-state index in [0.717, 1.165) is 85.3 Å². The number of aromatic nitrogens is 2. The second-order valence-corrected chi connectivity index (χ2v) is 20.7. The van der Waals surface area contributed by atoms with E-state index in [1.807, 2.05) is 67.6 Å². The number of Topliss-reactive ketones (excluding diaryl/α,β-unsaturated/α-hetero) is 1. The maximum absolute atomic E-state index is 14.7. The number of aliphatic hydroxyl groups excluding tert-OH is 1. The predicted molar refractivity (Wildman–Crippen MR) is 279 cm³/mol. The Balaban J connectivity index is 0.871. The summed E-state index contributed by atoms with van der Waals surface area (Å²) >= 11 is 3.47. The largest absolute Gasteiger partial charge is 0.391 e. The molecule has 5 N–H and O–H groups in total. The van der Waals surface area contributed by atoms with Crippen LogP contribution in [0.15, 0.2) is 70.7 Å². The SMILES string of the molecule is Cc1cc([C@H](C(=O)N2C[C@H](O)C[C@H]2C(=O)N[C@@H](CC(=O)NCCCCCCCCCNCCCOCC(=O)c2ccc(F)c(F)c2Nc2ccc(I)cc2F)c2ccc(-c3scnc3C)cc2)C(C)C)on1. The van der Waals surface area contributed by atoms with Crippen molar-refractivity contribution in [1.82, 2.24) is 31.0 Å². The summed E-state index contributed by atoms with van der Waals surface area (Å²) in [6, 6.07) is 14.0. The number of amides is 3. The lowest BCUT2D eigenvalue weighted by molar-refractivity contribution is -0.141. The molecule has 0 bridgehead atoms. The zero-order valence-corrected chi connectivity index (χ0v) is 44.2. The van der Waals surface area contributed by atoms with Crippen molar-refractivity contribution in [2.24, 2.45) is 5.92 Å². The highest BCUT2D eigenvalue weighted by atomic mass is 127. The van der Waals surface area contributed by atoms with Gasteiger partial charge in [-0.3, -0.25) is 19.2 Å². The van der Waals surface area contributed by atoms with Crippen LogP contribution in [-0.2, 0) is 19.1 Å². The van der Waals surface area contributed by atoms with Crippen LogP contribution < -0.4 is 21.3 Å². The molecule has 1 saturated heterocycles. The fourth-order valence-corrected chi connectivity index (χ4v) is 10.0. The van der Waals surface area contributed by atoms with Gasteiger partial charge in [-0.05, 0) is 116 Å². The van der Waals surface area contributed by atoms with Gasteiger partial charge in [-0.2, -0.15) is 0 Å². The molecule has 1 aliphatic heterocycles. The molecule has 0 aliphatic carbocycles. The van der Waals surface area contributed by atoms with Crippen LogP contribution in [0.5, 0.6) is 0 Å². The van der Waals surface area contributed by atoms with Gasteiger partial charge in [0.05, 0.1) is 51.7 Å². The van der Waals surface area contributed by atoms with Crippen molar-refractivity contribution in [1.29, 1.82) is 0 Å². The summed E-state index contributed by atoms with van der Waals surface area (Å²) in [6.07, 6.45) is 6.83. The summed E-state index contributed by atoms with van der Waals surface area (Å²) in [5, 5.41) is 26.7. The van der Waals surface area contributed by atoms with E-state index < -0.39 is 58.9 Å². The molecular weight excluding hydrogens is 1060 g/mol. The van der Waals surface area contributed by atoms with E-state index >= 15 is 0 Å². The Kier molecular flexibility index (Phi) is 21.6. The molecule has 1 fully saturated rings. The lowest BCUT2D eigenvalue weighted by Crippen LogP contribution is -2.49. The lowest BCUT2D eigenvalue weighted by Gasteiger charge is -2.30. The van der Waals surface area contributed by atoms with Crippen LogP contribution in [0.2, 0.25) is 0 Å². The van der Waals surface area contributed by atoms with Crippen LogP contribution in [0.25, 0.3) is 10.4 Å². The molecule has 6 rings (SSSR count).